The Balaban J connectivity index is 1.46. The number of pyridine rings is 1. The minimum absolute atomic E-state index is 0.136. The number of carbonyl (C=O) groups excluding carboxylic acids is 1. The molecule has 0 radical (unpaired) electrons. The highest BCUT2D eigenvalue weighted by Gasteiger charge is 2.17. The molecule has 9 heteroatoms. The number of hydrogen-bond donors (Lipinski definition) is 1. The fraction of sp³-hybridized carbons (Fsp3) is 0.0870. The summed E-state index contributed by atoms with van der Waals surface area (Å²) in [4.78, 5) is 16.4. The maximum atomic E-state index is 12.3. The van der Waals surface area contributed by atoms with E-state index in [0.29, 0.717) is 11.0 Å². The highest BCUT2D eigenvalue weighted by molar-refractivity contribution is 7.99. The van der Waals surface area contributed by atoms with Crippen LogP contribution in [0.15, 0.2) is 89.4 Å². The van der Waals surface area contributed by atoms with Crippen LogP contribution in [0.2, 0.25) is 0 Å². The Morgan fingerprint density at radius 1 is 1.09 bits per heavy atom. The van der Waals surface area contributed by atoms with E-state index in [9.17, 15) is 4.79 Å². The quantitative estimate of drug-likeness (QED) is 0.254. The SMILES string of the molecule is COc1cccc(C=NNC(=O)CSc2nnc(-c3ccncc3)n2-c2ccccc2)c1. The Hall–Kier alpha value is -3.98. The second kappa shape index (κ2) is 10.4. The average molecular weight is 445 g/mol. The fourth-order valence-electron chi connectivity index (χ4n) is 2.92. The van der Waals surface area contributed by atoms with Gasteiger partial charge in [0.2, 0.25) is 0 Å². The summed E-state index contributed by atoms with van der Waals surface area (Å²) in [5, 5.41) is 13.3. The second-order valence-corrected chi connectivity index (χ2v) is 7.51. The van der Waals surface area contributed by atoms with E-state index in [1.54, 1.807) is 25.7 Å². The summed E-state index contributed by atoms with van der Waals surface area (Å²) in [5.41, 5.74) is 5.15. The van der Waals surface area contributed by atoms with Crippen molar-refractivity contribution in [3.63, 3.8) is 0 Å². The Morgan fingerprint density at radius 3 is 2.69 bits per heavy atom. The molecule has 0 spiro atoms. The van der Waals surface area contributed by atoms with Crippen LogP contribution in [0.25, 0.3) is 17.1 Å². The number of ether oxygens (including phenoxy) is 1. The van der Waals surface area contributed by atoms with E-state index in [2.05, 4.69) is 25.7 Å². The molecule has 0 aliphatic rings. The number of hydrazone groups is 1. The molecule has 4 rings (SSSR count). The van der Waals surface area contributed by atoms with Crippen LogP contribution >= 0.6 is 11.8 Å². The molecule has 0 atom stereocenters. The summed E-state index contributed by atoms with van der Waals surface area (Å²) in [7, 11) is 1.60. The number of para-hydroxylation sites is 1. The number of nitrogens with one attached hydrogen (secondary N) is 1. The highest BCUT2D eigenvalue weighted by Crippen LogP contribution is 2.27. The minimum Gasteiger partial charge on any atom is -0.497 e. The van der Waals surface area contributed by atoms with Gasteiger partial charge in [-0.3, -0.25) is 14.3 Å². The molecule has 0 fully saturated rings. The zero-order valence-electron chi connectivity index (χ0n) is 17.3. The maximum absolute atomic E-state index is 12.3. The number of amides is 1. The van der Waals surface area contributed by atoms with Gasteiger partial charge in [0.25, 0.3) is 5.91 Å². The third-order valence-electron chi connectivity index (χ3n) is 4.42. The van der Waals surface area contributed by atoms with Crippen molar-refractivity contribution in [2.75, 3.05) is 12.9 Å². The van der Waals surface area contributed by atoms with E-state index in [1.165, 1.54) is 11.8 Å². The molecule has 2 aromatic heterocycles. The number of nitrogens with zero attached hydrogens (tertiary/aromatic N) is 5. The average Bonchev–Trinajstić information content (AvgIpc) is 3.28. The van der Waals surface area contributed by atoms with E-state index in [-0.39, 0.29) is 11.7 Å². The van der Waals surface area contributed by atoms with Crippen LogP contribution in [-0.2, 0) is 4.79 Å². The molecule has 160 valence electrons. The number of rotatable bonds is 8. The first-order chi connectivity index (χ1) is 15.7. The van der Waals surface area contributed by atoms with E-state index in [0.717, 1.165) is 22.6 Å². The first-order valence-electron chi connectivity index (χ1n) is 9.74. The van der Waals surface area contributed by atoms with Gasteiger partial charge in [0.1, 0.15) is 5.75 Å². The lowest BCUT2D eigenvalue weighted by molar-refractivity contribution is -0.118. The molecule has 1 N–H and O–H groups in total. The summed E-state index contributed by atoms with van der Waals surface area (Å²) < 4.78 is 7.10. The van der Waals surface area contributed by atoms with Crippen molar-refractivity contribution in [3.05, 3.63) is 84.7 Å². The third kappa shape index (κ3) is 5.19. The van der Waals surface area contributed by atoms with Gasteiger partial charge in [0.05, 0.1) is 19.1 Å². The van der Waals surface area contributed by atoms with Crippen LogP contribution in [0, 0.1) is 0 Å². The molecule has 0 saturated heterocycles. The smallest absolute Gasteiger partial charge is 0.250 e. The van der Waals surface area contributed by atoms with E-state index >= 15 is 0 Å². The van der Waals surface area contributed by atoms with Gasteiger partial charge in [0.15, 0.2) is 11.0 Å². The van der Waals surface area contributed by atoms with Gasteiger partial charge in [-0.2, -0.15) is 5.10 Å². The minimum atomic E-state index is -0.248. The van der Waals surface area contributed by atoms with Gasteiger partial charge < -0.3 is 4.74 Å². The van der Waals surface area contributed by atoms with Gasteiger partial charge >= 0.3 is 0 Å². The monoisotopic (exact) mass is 444 g/mol. The maximum Gasteiger partial charge on any atom is 0.250 e. The molecule has 8 nitrogen and oxygen atoms in total. The lowest BCUT2D eigenvalue weighted by atomic mass is 10.2. The van der Waals surface area contributed by atoms with Crippen LogP contribution in [0.5, 0.6) is 5.75 Å². The predicted octanol–water partition coefficient (Wildman–Crippen LogP) is 3.58. The zero-order valence-corrected chi connectivity index (χ0v) is 18.1. The van der Waals surface area contributed by atoms with Crippen LogP contribution in [0.4, 0.5) is 0 Å². The predicted molar refractivity (Wildman–Crippen MR) is 124 cm³/mol. The first kappa shape index (κ1) is 21.3. The van der Waals surface area contributed by atoms with Crippen molar-refractivity contribution >= 4 is 23.9 Å². The highest BCUT2D eigenvalue weighted by atomic mass is 32.2. The molecule has 2 aromatic carbocycles. The Kier molecular flexibility index (Phi) is 6.88. The molecular weight excluding hydrogens is 424 g/mol. The number of aromatic nitrogens is 4. The molecule has 0 aliphatic carbocycles. The van der Waals surface area contributed by atoms with Crippen molar-refractivity contribution in [2.45, 2.75) is 5.16 Å². The topological polar surface area (TPSA) is 94.3 Å². The Bertz CT molecular complexity index is 1210. The molecule has 0 bridgehead atoms. The molecule has 32 heavy (non-hydrogen) atoms. The molecular formula is C23H20N6O2S. The number of benzene rings is 2. The van der Waals surface area contributed by atoms with Crippen LogP contribution in [-0.4, -0.2) is 44.7 Å². The summed E-state index contributed by atoms with van der Waals surface area (Å²) >= 11 is 1.29. The molecule has 0 unspecified atom stereocenters. The summed E-state index contributed by atoms with van der Waals surface area (Å²) in [6.07, 6.45) is 4.99. The van der Waals surface area contributed by atoms with Crippen LogP contribution in [0.1, 0.15) is 5.56 Å². The summed E-state index contributed by atoms with van der Waals surface area (Å²) in [5.74, 6) is 1.29. The first-order valence-corrected chi connectivity index (χ1v) is 10.7. The second-order valence-electron chi connectivity index (χ2n) is 6.57. The third-order valence-corrected chi connectivity index (χ3v) is 5.34. The molecule has 1 amide bonds. The number of thioether (sulfide) groups is 1. The molecule has 0 aliphatic heterocycles. The Morgan fingerprint density at radius 2 is 1.91 bits per heavy atom. The van der Waals surface area contributed by atoms with Gasteiger partial charge in [-0.1, -0.05) is 42.1 Å². The van der Waals surface area contributed by atoms with Crippen molar-refractivity contribution in [2.24, 2.45) is 5.10 Å². The standard InChI is InChI=1S/C23H20N6O2S/c1-31-20-9-5-6-17(14-20)15-25-26-21(30)16-32-23-28-27-22(18-10-12-24-13-11-18)29(23)19-7-3-2-4-8-19/h2-15H,16H2,1H3,(H,26,30). The van der Waals surface area contributed by atoms with Crippen molar-refractivity contribution in [1.82, 2.24) is 25.2 Å². The lowest BCUT2D eigenvalue weighted by Gasteiger charge is -2.10. The number of carbonyl (C=O) groups is 1. The molecule has 0 saturated carbocycles. The van der Waals surface area contributed by atoms with Crippen LogP contribution < -0.4 is 10.2 Å². The van der Waals surface area contributed by atoms with Gasteiger partial charge in [-0.15, -0.1) is 10.2 Å². The van der Waals surface area contributed by atoms with Gasteiger partial charge in [-0.25, -0.2) is 5.43 Å². The molecule has 2 heterocycles. The fourth-order valence-corrected chi connectivity index (χ4v) is 3.67. The van der Waals surface area contributed by atoms with E-state index in [1.807, 2.05) is 71.3 Å². The van der Waals surface area contributed by atoms with E-state index < -0.39 is 0 Å². The lowest BCUT2D eigenvalue weighted by Crippen LogP contribution is -2.20. The van der Waals surface area contributed by atoms with E-state index in [4.69, 9.17) is 4.74 Å². The normalized spacial score (nSPS) is 10.9. The zero-order chi connectivity index (χ0) is 22.2. The summed E-state index contributed by atoms with van der Waals surface area (Å²) in [6, 6.07) is 20.9. The van der Waals surface area contributed by atoms with Gasteiger partial charge in [-0.05, 0) is 42.0 Å². The van der Waals surface area contributed by atoms with Crippen molar-refractivity contribution in [3.8, 4) is 22.8 Å². The van der Waals surface area contributed by atoms with Crippen molar-refractivity contribution in [1.29, 1.82) is 0 Å². The largest absolute Gasteiger partial charge is 0.497 e. The molecule has 4 aromatic rings. The van der Waals surface area contributed by atoms with Gasteiger partial charge in [0, 0.05) is 23.6 Å². The Labute approximate surface area is 189 Å². The van der Waals surface area contributed by atoms with Crippen molar-refractivity contribution < 1.29 is 9.53 Å². The number of methoxy groups -OCH3 is 1. The summed E-state index contributed by atoms with van der Waals surface area (Å²) in [6.45, 7) is 0. The number of hydrogen-bond acceptors (Lipinski definition) is 7. The van der Waals surface area contributed by atoms with Crippen LogP contribution in [0.3, 0.4) is 0 Å².